The molecule has 1 aromatic carbocycles. The van der Waals surface area contributed by atoms with Crippen LogP contribution in [0.5, 0.6) is 5.75 Å². The monoisotopic (exact) mass is 179 g/mol. The highest BCUT2D eigenvalue weighted by atomic mass is 16.8. The lowest BCUT2D eigenvalue weighted by Gasteiger charge is -2.07. The van der Waals surface area contributed by atoms with Crippen molar-refractivity contribution in [1.29, 1.82) is 0 Å². The van der Waals surface area contributed by atoms with Crippen LogP contribution in [0, 0.1) is 4.91 Å². The van der Waals surface area contributed by atoms with Crippen LogP contribution in [-0.2, 0) is 0 Å². The van der Waals surface area contributed by atoms with Gasteiger partial charge in [0.2, 0.25) is 16.5 Å². The molecule has 0 radical (unpaired) electrons. The Morgan fingerprint density at radius 2 is 2.23 bits per heavy atom. The highest BCUT2D eigenvalue weighted by molar-refractivity contribution is 6.00. The van der Waals surface area contributed by atoms with Crippen molar-refractivity contribution >= 4 is 11.5 Å². The lowest BCUT2D eigenvalue weighted by molar-refractivity contribution is -0.754. The largest absolute Gasteiger partial charge is 0.399 e. The van der Waals surface area contributed by atoms with Crippen molar-refractivity contribution in [2.24, 2.45) is 0 Å². The van der Waals surface area contributed by atoms with Gasteiger partial charge in [0, 0.05) is 5.69 Å². The summed E-state index contributed by atoms with van der Waals surface area (Å²) in [5.41, 5.74) is 6.33. The molecular weight excluding hydrogens is 172 g/mol. The van der Waals surface area contributed by atoms with Crippen LogP contribution in [0.4, 0.5) is 5.69 Å². The van der Waals surface area contributed by atoms with Crippen LogP contribution in [0.1, 0.15) is 10.4 Å². The van der Waals surface area contributed by atoms with Crippen molar-refractivity contribution in [2.45, 2.75) is 0 Å². The molecule has 0 spiro atoms. The Balaban J connectivity index is 2.55. The number of hydrogen-bond donors (Lipinski definition) is 1. The zero-order valence-corrected chi connectivity index (χ0v) is 6.69. The number of anilines is 1. The van der Waals surface area contributed by atoms with Gasteiger partial charge in [-0.2, -0.15) is 4.84 Å². The molecule has 1 aliphatic rings. The molecule has 0 aliphatic carbocycles. The first-order chi connectivity index (χ1) is 6.16. The summed E-state index contributed by atoms with van der Waals surface area (Å²) in [6.45, 7) is -0.281. The van der Waals surface area contributed by atoms with Crippen molar-refractivity contribution in [3.63, 3.8) is 0 Å². The number of fused-ring (bicyclic) bond motifs is 1. The molecule has 13 heavy (non-hydrogen) atoms. The maximum absolute atomic E-state index is 11.3. The molecule has 1 heterocycles. The summed E-state index contributed by atoms with van der Waals surface area (Å²) < 4.78 is 0. The normalized spacial score (nSPS) is 15.1. The van der Waals surface area contributed by atoms with Crippen molar-refractivity contribution in [1.82, 2.24) is 0 Å². The van der Waals surface area contributed by atoms with E-state index in [0.29, 0.717) is 11.3 Å². The van der Waals surface area contributed by atoms with Crippen LogP contribution in [-0.4, -0.2) is 17.3 Å². The second-order valence-corrected chi connectivity index (χ2v) is 2.76. The Labute approximate surface area is 73.6 Å². The van der Waals surface area contributed by atoms with Gasteiger partial charge in [-0.25, -0.2) is 0 Å². The number of ketones is 1. The SMILES string of the molecule is Nc1ccc2c(c1)C(=O)C[N+](=O)O2. The third kappa shape index (κ3) is 1.24. The van der Waals surface area contributed by atoms with E-state index in [2.05, 4.69) is 0 Å². The van der Waals surface area contributed by atoms with E-state index >= 15 is 0 Å². The van der Waals surface area contributed by atoms with Crippen LogP contribution >= 0.6 is 0 Å². The predicted octanol–water partition coefficient (Wildman–Crippen LogP) is 0.538. The summed E-state index contributed by atoms with van der Waals surface area (Å²) in [6.07, 6.45) is 0. The van der Waals surface area contributed by atoms with E-state index in [1.807, 2.05) is 0 Å². The summed E-state index contributed by atoms with van der Waals surface area (Å²) in [5, 5.41) is 0. The Morgan fingerprint density at radius 1 is 1.46 bits per heavy atom. The highest BCUT2D eigenvalue weighted by Gasteiger charge is 2.31. The molecule has 2 N–H and O–H groups in total. The minimum Gasteiger partial charge on any atom is -0.399 e. The number of rotatable bonds is 0. The number of nitrogens with two attached hydrogens (primary N) is 1. The second kappa shape index (κ2) is 2.55. The molecule has 0 amide bonds. The zero-order valence-electron chi connectivity index (χ0n) is 6.69. The van der Waals surface area contributed by atoms with Crippen LogP contribution in [0.15, 0.2) is 18.2 Å². The number of carbonyl (C=O) groups is 1. The average Bonchev–Trinajstić information content (AvgIpc) is 2.06. The van der Waals surface area contributed by atoms with Gasteiger partial charge in [0.1, 0.15) is 0 Å². The van der Waals surface area contributed by atoms with Gasteiger partial charge in [-0.05, 0) is 18.2 Å². The topological polar surface area (TPSA) is 72.4 Å². The molecule has 0 aromatic heterocycles. The smallest absolute Gasteiger partial charge is 0.310 e. The maximum Gasteiger partial charge on any atom is 0.310 e. The minimum atomic E-state index is -0.281. The fraction of sp³-hybridized carbons (Fsp3) is 0.125. The van der Waals surface area contributed by atoms with Crippen molar-refractivity contribution in [3.05, 3.63) is 28.7 Å². The second-order valence-electron chi connectivity index (χ2n) is 2.76. The first kappa shape index (κ1) is 7.72. The molecule has 66 valence electrons. The summed E-state index contributed by atoms with van der Waals surface area (Å²) in [6, 6.07) is 4.59. The van der Waals surface area contributed by atoms with E-state index in [-0.39, 0.29) is 23.0 Å². The molecule has 1 aromatic rings. The lowest BCUT2D eigenvalue weighted by Crippen LogP contribution is -2.27. The molecular formula is C8H7N2O3+. The first-order valence-corrected chi connectivity index (χ1v) is 3.72. The number of hydrogen-bond acceptors (Lipinski definition) is 4. The first-order valence-electron chi connectivity index (χ1n) is 3.72. The fourth-order valence-corrected chi connectivity index (χ4v) is 1.19. The minimum absolute atomic E-state index is 0.251. The molecule has 5 heteroatoms. The van der Waals surface area contributed by atoms with Crippen LogP contribution in [0.25, 0.3) is 0 Å². The van der Waals surface area contributed by atoms with E-state index in [1.54, 1.807) is 6.07 Å². The predicted molar refractivity (Wildman–Crippen MR) is 44.3 cm³/mol. The van der Waals surface area contributed by atoms with Crippen LogP contribution < -0.4 is 10.6 Å². The number of Topliss-reactive ketones (excluding diaryl/α,β-unsaturated/α-hetero) is 1. The Morgan fingerprint density at radius 3 is 3.00 bits per heavy atom. The molecule has 5 nitrogen and oxygen atoms in total. The molecule has 0 bridgehead atoms. The van der Waals surface area contributed by atoms with E-state index < -0.39 is 0 Å². The number of nitrogen functional groups attached to an aromatic ring is 1. The van der Waals surface area contributed by atoms with Crippen molar-refractivity contribution in [2.75, 3.05) is 12.3 Å². The summed E-state index contributed by atoms with van der Waals surface area (Å²) in [4.78, 5) is 27.0. The molecule has 0 unspecified atom stereocenters. The molecule has 0 fully saturated rings. The maximum atomic E-state index is 11.3. The van der Waals surface area contributed by atoms with E-state index in [0.717, 1.165) is 0 Å². The Bertz CT molecular complexity index is 400. The highest BCUT2D eigenvalue weighted by Crippen LogP contribution is 2.24. The van der Waals surface area contributed by atoms with Gasteiger partial charge >= 0.3 is 6.54 Å². The van der Waals surface area contributed by atoms with Crippen LogP contribution in [0.3, 0.4) is 0 Å². The Hall–Kier alpha value is -1.91. The van der Waals surface area contributed by atoms with Crippen molar-refractivity contribution in [3.8, 4) is 5.75 Å². The third-order valence-electron chi connectivity index (χ3n) is 1.78. The summed E-state index contributed by atoms with van der Waals surface area (Å²) in [7, 11) is 0. The van der Waals surface area contributed by atoms with E-state index in [1.165, 1.54) is 12.1 Å². The van der Waals surface area contributed by atoms with Crippen LogP contribution in [0.2, 0.25) is 0 Å². The fourth-order valence-electron chi connectivity index (χ4n) is 1.19. The number of carbonyl (C=O) groups excluding carboxylic acids is 1. The van der Waals surface area contributed by atoms with Crippen molar-refractivity contribution < 1.29 is 14.6 Å². The standard InChI is InChI=1S/C8H7N2O3/c9-5-1-2-8-6(3-5)7(11)4-10(12)13-8/h1-3H,4,9H2/q+1. The molecule has 0 atom stereocenters. The Kier molecular flexibility index (Phi) is 1.51. The molecule has 2 rings (SSSR count). The molecule has 0 saturated carbocycles. The summed E-state index contributed by atoms with van der Waals surface area (Å²) in [5.74, 6) is -0.0102. The third-order valence-corrected chi connectivity index (χ3v) is 1.78. The van der Waals surface area contributed by atoms with Gasteiger partial charge in [-0.15, -0.1) is 0 Å². The average molecular weight is 179 g/mol. The van der Waals surface area contributed by atoms with Gasteiger partial charge in [-0.3, -0.25) is 4.79 Å². The lowest BCUT2D eigenvalue weighted by atomic mass is 10.1. The van der Waals surface area contributed by atoms with Gasteiger partial charge < -0.3 is 5.73 Å². The van der Waals surface area contributed by atoms with Gasteiger partial charge in [0.05, 0.1) is 10.5 Å². The zero-order chi connectivity index (χ0) is 9.42. The molecule has 1 aliphatic heterocycles. The van der Waals surface area contributed by atoms with E-state index in [4.69, 9.17) is 10.6 Å². The number of nitrogens with zero attached hydrogens (tertiary/aromatic N) is 1. The van der Waals surface area contributed by atoms with Gasteiger partial charge in [-0.1, -0.05) is 0 Å². The van der Waals surface area contributed by atoms with Gasteiger partial charge in [0.15, 0.2) is 0 Å². The van der Waals surface area contributed by atoms with E-state index in [9.17, 15) is 9.70 Å². The number of benzene rings is 1. The van der Waals surface area contributed by atoms with Gasteiger partial charge in [0.25, 0.3) is 0 Å². The summed E-state index contributed by atoms with van der Waals surface area (Å²) >= 11 is 0. The quantitative estimate of drug-likeness (QED) is 0.590. The molecule has 0 saturated heterocycles.